The van der Waals surface area contributed by atoms with Gasteiger partial charge in [0.1, 0.15) is 0 Å². The number of hydrogen-bond acceptors (Lipinski definition) is 2. The number of halogens is 3. The molecule has 0 heterocycles. The SMILES string of the molecule is C=CC(C)NCC(C#N)C(F)(F)F. The lowest BCUT2D eigenvalue weighted by Gasteiger charge is -2.15. The molecule has 0 saturated carbocycles. The normalized spacial score (nSPS) is 15.9. The maximum Gasteiger partial charge on any atom is 0.405 e. The van der Waals surface area contributed by atoms with Crippen molar-refractivity contribution < 1.29 is 13.2 Å². The van der Waals surface area contributed by atoms with E-state index in [9.17, 15) is 13.2 Å². The molecular weight excluding hydrogens is 181 g/mol. The summed E-state index contributed by atoms with van der Waals surface area (Å²) < 4.78 is 36.0. The first kappa shape index (κ1) is 12.0. The summed E-state index contributed by atoms with van der Waals surface area (Å²) in [6.07, 6.45) is -2.98. The average Bonchev–Trinajstić information content (AvgIpc) is 2.02. The zero-order valence-electron chi connectivity index (χ0n) is 7.23. The van der Waals surface area contributed by atoms with Crippen LogP contribution in [0.5, 0.6) is 0 Å². The Morgan fingerprint density at radius 2 is 2.15 bits per heavy atom. The van der Waals surface area contributed by atoms with E-state index in [4.69, 9.17) is 5.26 Å². The molecule has 0 aromatic carbocycles. The van der Waals surface area contributed by atoms with E-state index in [0.29, 0.717) is 0 Å². The molecule has 0 spiro atoms. The highest BCUT2D eigenvalue weighted by Gasteiger charge is 2.39. The summed E-state index contributed by atoms with van der Waals surface area (Å²) in [5.41, 5.74) is 0. The number of hydrogen-bond donors (Lipinski definition) is 1. The molecule has 0 fully saturated rings. The van der Waals surface area contributed by atoms with Gasteiger partial charge in [-0.15, -0.1) is 6.58 Å². The number of nitrogens with one attached hydrogen (secondary N) is 1. The lowest BCUT2D eigenvalue weighted by Crippen LogP contribution is -2.36. The molecule has 0 aliphatic carbocycles. The summed E-state index contributed by atoms with van der Waals surface area (Å²) in [5.74, 6) is -1.95. The second kappa shape index (κ2) is 4.87. The molecule has 74 valence electrons. The van der Waals surface area contributed by atoms with E-state index in [0.717, 1.165) is 0 Å². The van der Waals surface area contributed by atoms with Gasteiger partial charge in [0.2, 0.25) is 0 Å². The molecule has 0 aliphatic rings. The van der Waals surface area contributed by atoms with E-state index in [1.165, 1.54) is 12.1 Å². The monoisotopic (exact) mass is 192 g/mol. The van der Waals surface area contributed by atoms with E-state index in [2.05, 4.69) is 11.9 Å². The first-order valence-electron chi connectivity index (χ1n) is 3.74. The standard InChI is InChI=1S/C8H11F3N2/c1-3-6(2)13-5-7(4-12)8(9,10)11/h3,6-7,13H,1,5H2,2H3. The predicted molar refractivity (Wildman–Crippen MR) is 42.8 cm³/mol. The minimum absolute atomic E-state index is 0.224. The predicted octanol–water partition coefficient (Wildman–Crippen LogP) is 1.85. The van der Waals surface area contributed by atoms with Crippen LogP contribution in [0.2, 0.25) is 0 Å². The number of nitrogens with zero attached hydrogens (tertiary/aromatic N) is 1. The molecule has 0 bridgehead atoms. The van der Waals surface area contributed by atoms with Crippen LogP contribution in [0.3, 0.4) is 0 Å². The van der Waals surface area contributed by atoms with Gasteiger partial charge in [-0.25, -0.2) is 0 Å². The third-order valence-electron chi connectivity index (χ3n) is 1.55. The fraction of sp³-hybridized carbons (Fsp3) is 0.625. The number of alkyl halides is 3. The number of rotatable bonds is 4. The Balaban J connectivity index is 4.03. The maximum atomic E-state index is 12.0. The third-order valence-corrected chi connectivity index (χ3v) is 1.55. The summed E-state index contributed by atoms with van der Waals surface area (Å²) >= 11 is 0. The lowest BCUT2D eigenvalue weighted by atomic mass is 10.1. The van der Waals surface area contributed by atoms with Crippen LogP contribution in [0.25, 0.3) is 0 Å². The average molecular weight is 192 g/mol. The van der Waals surface area contributed by atoms with Crippen LogP contribution in [-0.4, -0.2) is 18.8 Å². The van der Waals surface area contributed by atoms with Gasteiger partial charge in [-0.1, -0.05) is 6.08 Å². The van der Waals surface area contributed by atoms with Crippen LogP contribution in [0.1, 0.15) is 6.92 Å². The van der Waals surface area contributed by atoms with Crippen molar-refractivity contribution in [1.82, 2.24) is 5.32 Å². The molecule has 2 unspecified atom stereocenters. The minimum Gasteiger partial charge on any atom is -0.309 e. The van der Waals surface area contributed by atoms with E-state index >= 15 is 0 Å². The van der Waals surface area contributed by atoms with Crippen molar-refractivity contribution in [3.63, 3.8) is 0 Å². The Hall–Kier alpha value is -1.02. The van der Waals surface area contributed by atoms with Crippen molar-refractivity contribution in [3.8, 4) is 6.07 Å². The molecule has 0 rings (SSSR count). The Labute approximate surface area is 75.0 Å². The molecule has 0 amide bonds. The Kier molecular flexibility index (Phi) is 4.49. The van der Waals surface area contributed by atoms with E-state index in [1.807, 2.05) is 0 Å². The molecule has 0 aromatic rings. The van der Waals surface area contributed by atoms with Gasteiger partial charge in [0.05, 0.1) is 6.07 Å². The zero-order chi connectivity index (χ0) is 10.5. The van der Waals surface area contributed by atoms with Crippen LogP contribution in [0, 0.1) is 17.2 Å². The molecule has 5 heteroatoms. The van der Waals surface area contributed by atoms with Crippen molar-refractivity contribution in [2.75, 3.05) is 6.54 Å². The minimum atomic E-state index is -4.46. The topological polar surface area (TPSA) is 35.8 Å². The zero-order valence-corrected chi connectivity index (χ0v) is 7.23. The van der Waals surface area contributed by atoms with Crippen LogP contribution in [0.4, 0.5) is 13.2 Å². The molecule has 0 radical (unpaired) electrons. The van der Waals surface area contributed by atoms with Crippen LogP contribution >= 0.6 is 0 Å². The molecule has 2 atom stereocenters. The van der Waals surface area contributed by atoms with Crippen molar-refractivity contribution in [1.29, 1.82) is 5.26 Å². The second-order valence-electron chi connectivity index (χ2n) is 2.66. The molecule has 0 aliphatic heterocycles. The van der Waals surface area contributed by atoms with Crippen molar-refractivity contribution in [2.24, 2.45) is 5.92 Å². The fourth-order valence-corrected chi connectivity index (χ4v) is 0.622. The van der Waals surface area contributed by atoms with Crippen molar-refractivity contribution >= 4 is 0 Å². The van der Waals surface area contributed by atoms with Crippen LogP contribution < -0.4 is 5.32 Å². The Morgan fingerprint density at radius 1 is 1.62 bits per heavy atom. The van der Waals surface area contributed by atoms with Crippen LogP contribution in [-0.2, 0) is 0 Å². The fourth-order valence-electron chi connectivity index (χ4n) is 0.622. The maximum absolute atomic E-state index is 12.0. The first-order chi connectivity index (χ1) is 5.91. The van der Waals surface area contributed by atoms with Crippen molar-refractivity contribution in [3.05, 3.63) is 12.7 Å². The lowest BCUT2D eigenvalue weighted by molar-refractivity contribution is -0.157. The summed E-state index contributed by atoms with van der Waals surface area (Å²) in [7, 11) is 0. The summed E-state index contributed by atoms with van der Waals surface area (Å²) in [5, 5.41) is 10.7. The molecule has 2 nitrogen and oxygen atoms in total. The van der Waals surface area contributed by atoms with Gasteiger partial charge in [0.15, 0.2) is 5.92 Å². The van der Waals surface area contributed by atoms with Gasteiger partial charge in [0.25, 0.3) is 0 Å². The molecule has 1 N–H and O–H groups in total. The Morgan fingerprint density at radius 3 is 2.46 bits per heavy atom. The summed E-state index contributed by atoms with van der Waals surface area (Å²) in [6.45, 7) is 4.67. The Bertz CT molecular complexity index is 204. The van der Waals surface area contributed by atoms with Gasteiger partial charge in [-0.2, -0.15) is 18.4 Å². The quantitative estimate of drug-likeness (QED) is 0.690. The van der Waals surface area contributed by atoms with Gasteiger partial charge in [0, 0.05) is 12.6 Å². The molecule has 13 heavy (non-hydrogen) atoms. The highest BCUT2D eigenvalue weighted by Crippen LogP contribution is 2.24. The van der Waals surface area contributed by atoms with Gasteiger partial charge >= 0.3 is 6.18 Å². The van der Waals surface area contributed by atoms with Gasteiger partial charge < -0.3 is 5.32 Å². The summed E-state index contributed by atoms with van der Waals surface area (Å²) in [4.78, 5) is 0. The highest BCUT2D eigenvalue weighted by atomic mass is 19.4. The smallest absolute Gasteiger partial charge is 0.309 e. The largest absolute Gasteiger partial charge is 0.405 e. The van der Waals surface area contributed by atoms with Crippen molar-refractivity contribution in [2.45, 2.75) is 19.1 Å². The van der Waals surface area contributed by atoms with Crippen LogP contribution in [0.15, 0.2) is 12.7 Å². The van der Waals surface area contributed by atoms with E-state index in [-0.39, 0.29) is 6.04 Å². The summed E-state index contributed by atoms with van der Waals surface area (Å²) in [6, 6.07) is 0.976. The van der Waals surface area contributed by atoms with E-state index < -0.39 is 18.6 Å². The van der Waals surface area contributed by atoms with Gasteiger partial charge in [-0.3, -0.25) is 0 Å². The molecular formula is C8H11F3N2. The third kappa shape index (κ3) is 4.53. The van der Waals surface area contributed by atoms with E-state index in [1.54, 1.807) is 6.92 Å². The second-order valence-corrected chi connectivity index (χ2v) is 2.66. The van der Waals surface area contributed by atoms with Gasteiger partial charge in [-0.05, 0) is 6.92 Å². The first-order valence-corrected chi connectivity index (χ1v) is 3.74. The highest BCUT2D eigenvalue weighted by molar-refractivity contribution is 4.92. The molecule has 0 aromatic heterocycles. The molecule has 0 saturated heterocycles. The number of nitriles is 1.